The third-order valence-electron chi connectivity index (χ3n) is 2.07. The number of aromatic nitrogens is 2. The fraction of sp³-hybridized carbons (Fsp3) is 0. The minimum atomic E-state index is -0.0123. The zero-order valence-electron chi connectivity index (χ0n) is 9.21. The minimum Gasteiger partial charge on any atom is -0.382 e. The van der Waals surface area contributed by atoms with Gasteiger partial charge in [-0.1, -0.05) is 23.7 Å². The van der Waals surface area contributed by atoms with Crippen molar-refractivity contribution in [2.24, 2.45) is 10.2 Å². The van der Waals surface area contributed by atoms with Crippen molar-refractivity contribution >= 4 is 40.6 Å². The Morgan fingerprint density at radius 2 is 1.56 bits per heavy atom. The molecule has 0 aliphatic heterocycles. The molecule has 1 heterocycles. The first kappa shape index (κ1) is 12.1. The maximum absolute atomic E-state index is 5.93. The summed E-state index contributed by atoms with van der Waals surface area (Å²) in [5, 5.41) is 8.29. The molecule has 7 nitrogen and oxygen atoms in total. The summed E-state index contributed by atoms with van der Waals surface area (Å²) in [6.07, 6.45) is 0. The first-order valence-electron chi connectivity index (χ1n) is 4.92. The van der Waals surface area contributed by atoms with Gasteiger partial charge in [-0.05, 0) is 12.1 Å². The summed E-state index contributed by atoms with van der Waals surface area (Å²) >= 11 is 5.93. The summed E-state index contributed by atoms with van der Waals surface area (Å²) in [6, 6.07) is 6.97. The second-order valence-electron chi connectivity index (χ2n) is 3.35. The van der Waals surface area contributed by atoms with Crippen LogP contribution < -0.4 is 17.2 Å². The summed E-state index contributed by atoms with van der Waals surface area (Å²) in [6.45, 7) is 0. The normalized spacial score (nSPS) is 10.9. The van der Waals surface area contributed by atoms with Gasteiger partial charge in [0.05, 0.1) is 5.02 Å². The fourth-order valence-electron chi connectivity index (χ4n) is 1.25. The minimum absolute atomic E-state index is 0.0123. The Morgan fingerprint density at radius 1 is 0.944 bits per heavy atom. The average molecular weight is 264 g/mol. The smallest absolute Gasteiger partial charge is 0.224 e. The van der Waals surface area contributed by atoms with Gasteiger partial charge in [0.2, 0.25) is 5.95 Å². The van der Waals surface area contributed by atoms with Crippen LogP contribution in [0.5, 0.6) is 0 Å². The first-order chi connectivity index (χ1) is 8.58. The lowest BCUT2D eigenvalue weighted by Gasteiger charge is -2.02. The van der Waals surface area contributed by atoms with Crippen LogP contribution in [0.3, 0.4) is 0 Å². The molecule has 0 fully saturated rings. The van der Waals surface area contributed by atoms with Gasteiger partial charge in [0, 0.05) is 0 Å². The van der Waals surface area contributed by atoms with Crippen molar-refractivity contribution in [3.63, 3.8) is 0 Å². The Bertz CT molecular complexity index is 588. The zero-order chi connectivity index (χ0) is 13.1. The zero-order valence-corrected chi connectivity index (χ0v) is 9.96. The third-order valence-corrected chi connectivity index (χ3v) is 2.39. The monoisotopic (exact) mass is 263 g/mol. The van der Waals surface area contributed by atoms with E-state index in [1.807, 2.05) is 0 Å². The second kappa shape index (κ2) is 4.84. The van der Waals surface area contributed by atoms with E-state index in [1.165, 1.54) is 0 Å². The molecule has 0 bridgehead atoms. The predicted octanol–water partition coefficient (Wildman–Crippen LogP) is 2.29. The molecule has 2 aromatic rings. The lowest BCUT2D eigenvalue weighted by molar-refractivity contribution is 1.15. The molecule has 0 amide bonds. The number of halogens is 1. The van der Waals surface area contributed by atoms with Gasteiger partial charge >= 0.3 is 0 Å². The van der Waals surface area contributed by atoms with Crippen molar-refractivity contribution < 1.29 is 0 Å². The molecule has 18 heavy (non-hydrogen) atoms. The number of nitrogens with zero attached hydrogens (tertiary/aromatic N) is 4. The van der Waals surface area contributed by atoms with Gasteiger partial charge in [-0.2, -0.15) is 9.97 Å². The van der Waals surface area contributed by atoms with Gasteiger partial charge in [0.15, 0.2) is 17.3 Å². The van der Waals surface area contributed by atoms with E-state index in [4.69, 9.17) is 28.8 Å². The highest BCUT2D eigenvalue weighted by Gasteiger charge is 2.08. The average Bonchev–Trinajstić information content (AvgIpc) is 2.30. The topological polar surface area (TPSA) is 129 Å². The molecule has 0 aliphatic rings. The maximum atomic E-state index is 5.93. The molecule has 0 aliphatic carbocycles. The second-order valence-corrected chi connectivity index (χ2v) is 3.76. The number of rotatable bonds is 2. The van der Waals surface area contributed by atoms with Crippen molar-refractivity contribution in [2.45, 2.75) is 0 Å². The van der Waals surface area contributed by atoms with E-state index < -0.39 is 0 Å². The van der Waals surface area contributed by atoms with E-state index in [2.05, 4.69) is 20.2 Å². The van der Waals surface area contributed by atoms with Gasteiger partial charge in [0.1, 0.15) is 5.69 Å². The summed E-state index contributed by atoms with van der Waals surface area (Å²) in [4.78, 5) is 7.49. The van der Waals surface area contributed by atoms with Crippen LogP contribution in [-0.2, 0) is 0 Å². The molecule has 2 rings (SSSR count). The molecule has 1 aromatic heterocycles. The Morgan fingerprint density at radius 3 is 2.17 bits per heavy atom. The lowest BCUT2D eigenvalue weighted by atomic mass is 10.3. The van der Waals surface area contributed by atoms with Crippen LogP contribution >= 0.6 is 11.6 Å². The Labute approximate surface area is 108 Å². The molecule has 0 spiro atoms. The summed E-state index contributed by atoms with van der Waals surface area (Å²) in [7, 11) is 0. The SMILES string of the molecule is Nc1nc(N)c(N=Nc2ccccc2Cl)c(N)n1. The molecular weight excluding hydrogens is 254 g/mol. The maximum Gasteiger partial charge on any atom is 0.224 e. The van der Waals surface area contributed by atoms with Crippen molar-refractivity contribution in [2.75, 3.05) is 17.2 Å². The van der Waals surface area contributed by atoms with E-state index in [9.17, 15) is 0 Å². The van der Waals surface area contributed by atoms with Crippen molar-refractivity contribution in [3.05, 3.63) is 29.3 Å². The van der Waals surface area contributed by atoms with Crippen LogP contribution in [0.25, 0.3) is 0 Å². The van der Waals surface area contributed by atoms with E-state index in [0.717, 1.165) is 0 Å². The van der Waals surface area contributed by atoms with E-state index in [0.29, 0.717) is 10.7 Å². The Kier molecular flexibility index (Phi) is 3.24. The van der Waals surface area contributed by atoms with Crippen LogP contribution in [0, 0.1) is 0 Å². The number of hydrogen-bond donors (Lipinski definition) is 3. The van der Waals surface area contributed by atoms with Gasteiger partial charge < -0.3 is 17.2 Å². The van der Waals surface area contributed by atoms with Crippen LogP contribution in [0.4, 0.5) is 29.0 Å². The quantitative estimate of drug-likeness (QED) is 0.716. The molecule has 0 saturated carbocycles. The summed E-state index contributed by atoms with van der Waals surface area (Å²) in [5.41, 5.74) is 17.3. The van der Waals surface area contributed by atoms with E-state index in [1.54, 1.807) is 24.3 Å². The molecular formula is C10H10ClN7. The third kappa shape index (κ3) is 2.46. The Hall–Kier alpha value is -2.41. The highest BCUT2D eigenvalue weighted by molar-refractivity contribution is 6.32. The standard InChI is InChI=1S/C10H10ClN7/c11-5-3-1-2-4-6(5)17-18-7-8(12)15-10(14)16-9(7)13/h1-4H,(H6,12,13,14,15,16). The number of hydrogen-bond acceptors (Lipinski definition) is 7. The van der Waals surface area contributed by atoms with Crippen molar-refractivity contribution in [1.82, 2.24) is 9.97 Å². The van der Waals surface area contributed by atoms with Crippen molar-refractivity contribution in [1.29, 1.82) is 0 Å². The fourth-order valence-corrected chi connectivity index (χ4v) is 1.42. The van der Waals surface area contributed by atoms with Gasteiger partial charge in [-0.3, -0.25) is 0 Å². The molecule has 92 valence electrons. The predicted molar refractivity (Wildman–Crippen MR) is 70.9 cm³/mol. The number of nitrogens with two attached hydrogens (primary N) is 3. The van der Waals surface area contributed by atoms with Crippen molar-refractivity contribution in [3.8, 4) is 0 Å². The molecule has 0 unspecified atom stereocenters. The lowest BCUT2D eigenvalue weighted by Crippen LogP contribution is -2.03. The number of anilines is 3. The van der Waals surface area contributed by atoms with E-state index in [-0.39, 0.29) is 23.3 Å². The van der Waals surface area contributed by atoms with Crippen LogP contribution in [0.1, 0.15) is 0 Å². The molecule has 0 saturated heterocycles. The van der Waals surface area contributed by atoms with Crippen LogP contribution in [0.2, 0.25) is 5.02 Å². The van der Waals surface area contributed by atoms with Gasteiger partial charge in [0.25, 0.3) is 0 Å². The highest BCUT2D eigenvalue weighted by Crippen LogP contribution is 2.30. The van der Waals surface area contributed by atoms with Gasteiger partial charge in [-0.25, -0.2) is 0 Å². The van der Waals surface area contributed by atoms with Crippen LogP contribution in [-0.4, -0.2) is 9.97 Å². The molecule has 0 atom stereocenters. The molecule has 1 aromatic carbocycles. The first-order valence-corrected chi connectivity index (χ1v) is 5.30. The molecule has 8 heteroatoms. The number of azo groups is 1. The summed E-state index contributed by atoms with van der Waals surface area (Å²) in [5.74, 6) is 0.119. The van der Waals surface area contributed by atoms with Gasteiger partial charge in [-0.15, -0.1) is 10.2 Å². The molecule has 0 radical (unpaired) electrons. The largest absolute Gasteiger partial charge is 0.382 e. The van der Waals surface area contributed by atoms with E-state index >= 15 is 0 Å². The number of nitrogen functional groups attached to an aromatic ring is 3. The Balaban J connectivity index is 2.38. The highest BCUT2D eigenvalue weighted by atomic mass is 35.5. The summed E-state index contributed by atoms with van der Waals surface area (Å²) < 4.78 is 0. The number of benzene rings is 1. The molecule has 6 N–H and O–H groups in total. The van der Waals surface area contributed by atoms with Crippen LogP contribution in [0.15, 0.2) is 34.5 Å².